The third kappa shape index (κ3) is 4.87. The highest BCUT2D eigenvalue weighted by Crippen LogP contribution is 2.19. The van der Waals surface area contributed by atoms with E-state index >= 15 is 0 Å². The van der Waals surface area contributed by atoms with Gasteiger partial charge in [0.25, 0.3) is 5.91 Å². The maximum Gasteiger partial charge on any atom is 0.258 e. The van der Waals surface area contributed by atoms with Crippen LogP contribution < -0.4 is 15.4 Å². The first-order valence-corrected chi connectivity index (χ1v) is 6.59. The van der Waals surface area contributed by atoms with Gasteiger partial charge in [-0.15, -0.1) is 0 Å². The monoisotopic (exact) mass is 266 g/mol. The smallest absolute Gasteiger partial charge is 0.258 e. The summed E-state index contributed by atoms with van der Waals surface area (Å²) in [7, 11) is 0. The molecular formula is C14H19FN2O2. The van der Waals surface area contributed by atoms with Crippen molar-refractivity contribution in [3.8, 4) is 5.75 Å². The van der Waals surface area contributed by atoms with Crippen LogP contribution in [0.15, 0.2) is 18.2 Å². The van der Waals surface area contributed by atoms with Crippen molar-refractivity contribution >= 4 is 5.91 Å². The van der Waals surface area contributed by atoms with Crippen LogP contribution >= 0.6 is 0 Å². The Morgan fingerprint density at radius 1 is 1.42 bits per heavy atom. The lowest BCUT2D eigenvalue weighted by Gasteiger charge is -2.09. The third-order valence-corrected chi connectivity index (χ3v) is 2.82. The minimum atomic E-state index is -0.354. The summed E-state index contributed by atoms with van der Waals surface area (Å²) in [6.07, 6.45) is 2.08. The summed E-state index contributed by atoms with van der Waals surface area (Å²) in [5.41, 5.74) is 0.805. The van der Waals surface area contributed by atoms with Crippen LogP contribution in [0, 0.1) is 5.82 Å². The van der Waals surface area contributed by atoms with Crippen LogP contribution in [0.2, 0.25) is 0 Å². The highest BCUT2D eigenvalue weighted by atomic mass is 19.1. The minimum absolute atomic E-state index is 0.0688. The molecule has 2 N–H and O–H groups in total. The number of benzene rings is 1. The molecular weight excluding hydrogens is 247 g/mol. The molecule has 2 rings (SSSR count). The van der Waals surface area contributed by atoms with E-state index in [9.17, 15) is 9.18 Å². The van der Waals surface area contributed by atoms with Crippen LogP contribution in [0.5, 0.6) is 5.75 Å². The molecule has 5 heteroatoms. The summed E-state index contributed by atoms with van der Waals surface area (Å²) < 4.78 is 18.7. The molecule has 0 saturated heterocycles. The Balaban J connectivity index is 1.87. The van der Waals surface area contributed by atoms with Crippen molar-refractivity contribution < 1.29 is 13.9 Å². The molecule has 0 radical (unpaired) electrons. The largest absolute Gasteiger partial charge is 0.484 e. The first kappa shape index (κ1) is 13.8. The Bertz CT molecular complexity index is 447. The van der Waals surface area contributed by atoms with Gasteiger partial charge in [-0.1, -0.05) is 6.92 Å². The molecule has 0 bridgehead atoms. The highest BCUT2D eigenvalue weighted by Gasteiger charge is 2.23. The maximum atomic E-state index is 13.4. The molecule has 1 saturated carbocycles. The number of carbonyl (C=O) groups is 1. The predicted molar refractivity (Wildman–Crippen MR) is 70.4 cm³/mol. The van der Waals surface area contributed by atoms with Gasteiger partial charge in [-0.25, -0.2) is 4.39 Å². The van der Waals surface area contributed by atoms with Crippen molar-refractivity contribution in [1.82, 2.24) is 10.6 Å². The first-order valence-electron chi connectivity index (χ1n) is 6.59. The second-order valence-electron chi connectivity index (χ2n) is 4.71. The quantitative estimate of drug-likeness (QED) is 0.788. The van der Waals surface area contributed by atoms with Gasteiger partial charge in [0, 0.05) is 18.7 Å². The van der Waals surface area contributed by atoms with Gasteiger partial charge in [0.1, 0.15) is 11.6 Å². The van der Waals surface area contributed by atoms with Crippen molar-refractivity contribution in [2.24, 2.45) is 0 Å². The van der Waals surface area contributed by atoms with Crippen LogP contribution in [0.1, 0.15) is 25.3 Å². The summed E-state index contributed by atoms with van der Waals surface area (Å²) in [5.74, 6) is -0.119. The van der Waals surface area contributed by atoms with E-state index in [4.69, 9.17) is 4.74 Å². The number of ether oxygens (including phenoxy) is 1. The molecule has 0 unspecified atom stereocenters. The van der Waals surface area contributed by atoms with Gasteiger partial charge in [-0.3, -0.25) is 4.79 Å². The Hall–Kier alpha value is -1.62. The molecule has 4 nitrogen and oxygen atoms in total. The number of rotatable bonds is 7. The summed E-state index contributed by atoms with van der Waals surface area (Å²) in [6.45, 7) is 3.31. The Morgan fingerprint density at radius 2 is 2.21 bits per heavy atom. The SMILES string of the molecule is CCNCc1cc(F)cc(OCC(=O)NC2CC2)c1. The number of carbonyl (C=O) groups excluding carboxylic acids is 1. The molecule has 1 aromatic rings. The van der Waals surface area contributed by atoms with Crippen LogP contribution in [0.25, 0.3) is 0 Å². The van der Waals surface area contributed by atoms with E-state index in [2.05, 4.69) is 10.6 Å². The van der Waals surface area contributed by atoms with E-state index in [0.717, 1.165) is 24.9 Å². The summed E-state index contributed by atoms with van der Waals surface area (Å²) >= 11 is 0. The lowest BCUT2D eigenvalue weighted by Crippen LogP contribution is -2.30. The van der Waals surface area contributed by atoms with Crippen molar-refractivity contribution in [3.63, 3.8) is 0 Å². The summed E-state index contributed by atoms with van der Waals surface area (Å²) in [4.78, 5) is 11.5. The predicted octanol–water partition coefficient (Wildman–Crippen LogP) is 1.59. The first-order chi connectivity index (χ1) is 9.17. The highest BCUT2D eigenvalue weighted by molar-refractivity contribution is 5.78. The fourth-order valence-corrected chi connectivity index (χ4v) is 1.72. The lowest BCUT2D eigenvalue weighted by atomic mass is 10.2. The fraction of sp³-hybridized carbons (Fsp3) is 0.500. The van der Waals surface area contributed by atoms with Crippen molar-refractivity contribution in [1.29, 1.82) is 0 Å². The van der Waals surface area contributed by atoms with E-state index in [-0.39, 0.29) is 18.3 Å². The molecule has 0 heterocycles. The number of halogens is 1. The molecule has 1 amide bonds. The zero-order valence-corrected chi connectivity index (χ0v) is 11.0. The van der Waals surface area contributed by atoms with Crippen LogP contribution in [0.4, 0.5) is 4.39 Å². The van der Waals surface area contributed by atoms with Gasteiger partial charge in [0.05, 0.1) is 0 Å². The van der Waals surface area contributed by atoms with Crippen molar-refractivity contribution in [2.75, 3.05) is 13.2 Å². The molecule has 1 fully saturated rings. The standard InChI is InChI=1S/C14H19FN2O2/c1-2-16-8-10-5-11(15)7-13(6-10)19-9-14(18)17-12-3-4-12/h5-7,12,16H,2-4,8-9H2,1H3,(H,17,18). The van der Waals surface area contributed by atoms with Gasteiger partial charge in [-0.05, 0) is 37.1 Å². The van der Waals surface area contributed by atoms with E-state index in [1.807, 2.05) is 6.92 Å². The van der Waals surface area contributed by atoms with Crippen LogP contribution in [-0.4, -0.2) is 25.1 Å². The molecule has 0 atom stereocenters. The Kier molecular flexibility index (Phi) is 4.74. The van der Waals surface area contributed by atoms with E-state index in [1.165, 1.54) is 12.1 Å². The number of hydrogen-bond acceptors (Lipinski definition) is 3. The molecule has 0 aliphatic heterocycles. The number of nitrogens with one attached hydrogen (secondary N) is 2. The second kappa shape index (κ2) is 6.52. The Labute approximate surface area is 112 Å². The van der Waals surface area contributed by atoms with E-state index in [1.54, 1.807) is 6.07 Å². The Morgan fingerprint density at radius 3 is 2.89 bits per heavy atom. The van der Waals surface area contributed by atoms with E-state index < -0.39 is 0 Å². The average Bonchev–Trinajstić information content (AvgIpc) is 3.17. The third-order valence-electron chi connectivity index (χ3n) is 2.82. The molecule has 19 heavy (non-hydrogen) atoms. The maximum absolute atomic E-state index is 13.4. The summed E-state index contributed by atoms with van der Waals surface area (Å²) in [5, 5.41) is 5.93. The molecule has 1 aromatic carbocycles. The van der Waals surface area contributed by atoms with Gasteiger partial charge in [-0.2, -0.15) is 0 Å². The minimum Gasteiger partial charge on any atom is -0.484 e. The van der Waals surface area contributed by atoms with Crippen molar-refractivity contribution in [2.45, 2.75) is 32.4 Å². The fourth-order valence-electron chi connectivity index (χ4n) is 1.72. The van der Waals surface area contributed by atoms with Gasteiger partial charge < -0.3 is 15.4 Å². The normalized spacial score (nSPS) is 14.2. The lowest BCUT2D eigenvalue weighted by molar-refractivity contribution is -0.123. The molecule has 104 valence electrons. The average molecular weight is 266 g/mol. The van der Waals surface area contributed by atoms with Gasteiger partial charge in [0.15, 0.2) is 6.61 Å². The zero-order chi connectivity index (χ0) is 13.7. The number of amides is 1. The van der Waals surface area contributed by atoms with Crippen molar-refractivity contribution in [3.05, 3.63) is 29.6 Å². The number of hydrogen-bond donors (Lipinski definition) is 2. The van der Waals surface area contributed by atoms with Crippen LogP contribution in [-0.2, 0) is 11.3 Å². The van der Waals surface area contributed by atoms with E-state index in [0.29, 0.717) is 18.3 Å². The summed E-state index contributed by atoms with van der Waals surface area (Å²) in [6, 6.07) is 4.81. The molecule has 0 spiro atoms. The topological polar surface area (TPSA) is 50.4 Å². The van der Waals surface area contributed by atoms with Gasteiger partial charge >= 0.3 is 0 Å². The molecule has 0 aromatic heterocycles. The second-order valence-corrected chi connectivity index (χ2v) is 4.71. The zero-order valence-electron chi connectivity index (χ0n) is 11.0. The molecule has 1 aliphatic carbocycles. The molecule has 1 aliphatic rings. The van der Waals surface area contributed by atoms with Crippen LogP contribution in [0.3, 0.4) is 0 Å². The van der Waals surface area contributed by atoms with Gasteiger partial charge in [0.2, 0.25) is 0 Å².